The second kappa shape index (κ2) is 11.7. The maximum absolute atomic E-state index is 13.1. The molecule has 180 valence electrons. The topological polar surface area (TPSA) is 91.7 Å². The van der Waals surface area contributed by atoms with Gasteiger partial charge in [-0.15, -0.1) is 0 Å². The maximum atomic E-state index is 13.1. The lowest BCUT2D eigenvalue weighted by molar-refractivity contribution is -0.145. The van der Waals surface area contributed by atoms with Crippen LogP contribution in [0.5, 0.6) is 0 Å². The van der Waals surface area contributed by atoms with Crippen LogP contribution < -0.4 is 15.5 Å². The molecule has 0 fully saturated rings. The Balaban J connectivity index is 1.57. The third-order valence-corrected chi connectivity index (χ3v) is 5.97. The fourth-order valence-corrected chi connectivity index (χ4v) is 4.04. The first kappa shape index (κ1) is 25.4. The van der Waals surface area contributed by atoms with Crippen LogP contribution in [0.4, 0.5) is 5.69 Å². The molecule has 2 N–H and O–H groups in total. The molecule has 3 rings (SSSR count). The number of aryl methyl sites for hydroxylation is 1. The number of nitriles is 1. The van der Waals surface area contributed by atoms with E-state index >= 15 is 0 Å². The summed E-state index contributed by atoms with van der Waals surface area (Å²) in [5, 5.41) is 19.1. The summed E-state index contributed by atoms with van der Waals surface area (Å²) in [6.45, 7) is 8.65. The number of anilines is 1. The van der Waals surface area contributed by atoms with Crippen molar-refractivity contribution in [3.63, 3.8) is 0 Å². The lowest BCUT2D eigenvalue weighted by Crippen LogP contribution is -2.47. The van der Waals surface area contributed by atoms with Crippen LogP contribution in [0.2, 0.25) is 0 Å². The van der Waals surface area contributed by atoms with Crippen molar-refractivity contribution in [2.45, 2.75) is 39.9 Å². The van der Waals surface area contributed by atoms with Crippen molar-refractivity contribution in [3.8, 4) is 6.07 Å². The van der Waals surface area contributed by atoms with Crippen molar-refractivity contribution in [1.82, 2.24) is 20.7 Å². The first-order valence-corrected chi connectivity index (χ1v) is 11.6. The van der Waals surface area contributed by atoms with Crippen LogP contribution in [-0.2, 0) is 22.7 Å². The van der Waals surface area contributed by atoms with Crippen LogP contribution in [-0.4, -0.2) is 61.1 Å². The third kappa shape index (κ3) is 6.41. The summed E-state index contributed by atoms with van der Waals surface area (Å²) < 4.78 is 0. The molecular weight excluding hydrogens is 428 g/mol. The molecular formula is C26H34N6O2. The molecule has 1 aliphatic rings. The molecule has 0 bridgehead atoms. The number of hydrogen-bond acceptors (Lipinski definition) is 6. The van der Waals surface area contributed by atoms with Gasteiger partial charge in [-0.2, -0.15) is 5.26 Å². The number of carbonyl (C=O) groups is 2. The van der Waals surface area contributed by atoms with Gasteiger partial charge >= 0.3 is 0 Å². The minimum Gasteiger partial charge on any atom is -0.313 e. The van der Waals surface area contributed by atoms with Gasteiger partial charge in [-0.05, 0) is 41.8 Å². The molecule has 0 aliphatic carbocycles. The summed E-state index contributed by atoms with van der Waals surface area (Å²) in [6.07, 6.45) is 0. The Bertz CT molecular complexity index is 1040. The Morgan fingerprint density at radius 2 is 1.74 bits per heavy atom. The molecule has 0 radical (unpaired) electrons. The number of carbonyl (C=O) groups excluding carboxylic acids is 2. The van der Waals surface area contributed by atoms with Gasteiger partial charge in [0.15, 0.2) is 0 Å². The Morgan fingerprint density at radius 1 is 1.09 bits per heavy atom. The fraction of sp³-hybridized carbons (Fsp3) is 0.423. The van der Waals surface area contributed by atoms with Crippen LogP contribution in [0.15, 0.2) is 42.5 Å². The lowest BCUT2D eigenvalue weighted by atomic mass is 10.1. The molecule has 0 atom stereocenters. The molecule has 1 heterocycles. The predicted molar refractivity (Wildman–Crippen MR) is 133 cm³/mol. The van der Waals surface area contributed by atoms with E-state index in [1.54, 1.807) is 29.1 Å². The van der Waals surface area contributed by atoms with Crippen LogP contribution in [0, 0.1) is 18.3 Å². The molecule has 8 nitrogen and oxygen atoms in total. The number of likely N-dealkylation sites (N-methyl/N-ethyl adjacent to an activating group) is 1. The van der Waals surface area contributed by atoms with Gasteiger partial charge in [-0.1, -0.05) is 38.1 Å². The molecule has 2 aromatic rings. The highest BCUT2D eigenvalue weighted by Gasteiger charge is 2.25. The number of rotatable bonds is 10. The lowest BCUT2D eigenvalue weighted by Gasteiger charge is -2.28. The van der Waals surface area contributed by atoms with E-state index in [1.807, 2.05) is 30.1 Å². The van der Waals surface area contributed by atoms with Crippen molar-refractivity contribution in [3.05, 3.63) is 64.7 Å². The average molecular weight is 463 g/mol. The SMILES string of the molecule is Cc1cc(C#N)ccc1N(CCNC(C)C)C(=O)CNCC(=O)N(C)N1Cc2ccccc2C1. The first-order valence-electron chi connectivity index (χ1n) is 11.6. The summed E-state index contributed by atoms with van der Waals surface area (Å²) >= 11 is 0. The third-order valence-electron chi connectivity index (χ3n) is 5.97. The molecule has 0 spiro atoms. The number of fused-ring (bicyclic) bond motifs is 1. The van der Waals surface area contributed by atoms with E-state index in [1.165, 1.54) is 11.1 Å². The zero-order valence-electron chi connectivity index (χ0n) is 20.5. The molecule has 2 aromatic carbocycles. The summed E-state index contributed by atoms with van der Waals surface area (Å²) in [5.41, 5.74) is 4.66. The van der Waals surface area contributed by atoms with Crippen molar-refractivity contribution < 1.29 is 9.59 Å². The molecule has 1 aliphatic heterocycles. The Hall–Kier alpha value is -3.25. The van der Waals surface area contributed by atoms with Gasteiger partial charge in [0.1, 0.15) is 0 Å². The van der Waals surface area contributed by atoms with Crippen molar-refractivity contribution >= 4 is 17.5 Å². The van der Waals surface area contributed by atoms with E-state index in [-0.39, 0.29) is 24.9 Å². The van der Waals surface area contributed by atoms with E-state index in [0.717, 1.165) is 11.3 Å². The molecule has 0 unspecified atom stereocenters. The molecule has 0 saturated carbocycles. The van der Waals surface area contributed by atoms with Gasteiger partial charge in [-0.3, -0.25) is 19.9 Å². The Morgan fingerprint density at radius 3 is 2.32 bits per heavy atom. The molecule has 8 heteroatoms. The van der Waals surface area contributed by atoms with Crippen LogP contribution in [0.1, 0.15) is 36.1 Å². The highest BCUT2D eigenvalue weighted by molar-refractivity contribution is 5.96. The standard InChI is InChI=1S/C26H34N6O2/c1-19(2)29-11-12-32(24-10-9-21(14-27)13-20(24)3)26(34)16-28-15-25(33)30(4)31-17-22-7-5-6-8-23(22)18-31/h5-10,13,19,28-29H,11-12,15-18H2,1-4H3. The van der Waals surface area contributed by atoms with E-state index < -0.39 is 0 Å². The quantitative estimate of drug-likeness (QED) is 0.562. The van der Waals surface area contributed by atoms with Gasteiger partial charge in [0.2, 0.25) is 5.91 Å². The summed E-state index contributed by atoms with van der Waals surface area (Å²) in [4.78, 5) is 27.6. The van der Waals surface area contributed by atoms with E-state index in [0.29, 0.717) is 37.8 Å². The van der Waals surface area contributed by atoms with Gasteiger partial charge in [0.05, 0.1) is 24.7 Å². The van der Waals surface area contributed by atoms with Crippen molar-refractivity contribution in [2.75, 3.05) is 38.1 Å². The van der Waals surface area contributed by atoms with Gasteiger partial charge in [-0.25, -0.2) is 5.01 Å². The monoisotopic (exact) mass is 462 g/mol. The molecule has 2 amide bonds. The normalized spacial score (nSPS) is 12.9. The number of nitrogens with one attached hydrogen (secondary N) is 2. The zero-order chi connectivity index (χ0) is 24.7. The largest absolute Gasteiger partial charge is 0.313 e. The van der Waals surface area contributed by atoms with Crippen molar-refractivity contribution in [1.29, 1.82) is 5.26 Å². The number of hydrogen-bond donors (Lipinski definition) is 2. The predicted octanol–water partition coefficient (Wildman–Crippen LogP) is 2.18. The van der Waals surface area contributed by atoms with Crippen molar-refractivity contribution in [2.24, 2.45) is 0 Å². The Kier molecular flexibility index (Phi) is 8.77. The second-order valence-corrected chi connectivity index (χ2v) is 8.88. The number of hydrazine groups is 1. The van der Waals surface area contributed by atoms with Gasteiger partial charge in [0, 0.05) is 45.0 Å². The highest BCUT2D eigenvalue weighted by atomic mass is 16.2. The minimum atomic E-state index is -0.123. The zero-order valence-corrected chi connectivity index (χ0v) is 20.5. The molecule has 34 heavy (non-hydrogen) atoms. The smallest absolute Gasteiger partial charge is 0.250 e. The van der Waals surface area contributed by atoms with E-state index in [9.17, 15) is 9.59 Å². The first-order chi connectivity index (χ1) is 16.3. The number of amides is 2. The second-order valence-electron chi connectivity index (χ2n) is 8.88. The summed E-state index contributed by atoms with van der Waals surface area (Å²) in [7, 11) is 1.77. The molecule has 0 saturated heterocycles. The number of benzene rings is 2. The summed E-state index contributed by atoms with van der Waals surface area (Å²) in [6, 6.07) is 15.9. The van der Waals surface area contributed by atoms with E-state index in [2.05, 4.69) is 42.7 Å². The highest BCUT2D eigenvalue weighted by Crippen LogP contribution is 2.23. The Labute approximate surface area is 202 Å². The van der Waals surface area contributed by atoms with E-state index in [4.69, 9.17) is 5.26 Å². The van der Waals surface area contributed by atoms with Gasteiger partial charge < -0.3 is 10.2 Å². The number of nitrogens with zero attached hydrogens (tertiary/aromatic N) is 4. The van der Waals surface area contributed by atoms with Crippen LogP contribution in [0.25, 0.3) is 0 Å². The summed E-state index contributed by atoms with van der Waals surface area (Å²) in [5.74, 6) is -0.217. The molecule has 0 aromatic heterocycles. The van der Waals surface area contributed by atoms with Crippen LogP contribution >= 0.6 is 0 Å². The van der Waals surface area contributed by atoms with Gasteiger partial charge in [0.25, 0.3) is 5.91 Å². The average Bonchev–Trinajstić information content (AvgIpc) is 3.25. The van der Waals surface area contributed by atoms with Crippen LogP contribution in [0.3, 0.4) is 0 Å². The minimum absolute atomic E-state index is 0.0426. The fourth-order valence-electron chi connectivity index (χ4n) is 4.04. The maximum Gasteiger partial charge on any atom is 0.250 e.